The van der Waals surface area contributed by atoms with Gasteiger partial charge in [-0.2, -0.15) is 0 Å². The number of benzene rings is 1. The predicted octanol–water partition coefficient (Wildman–Crippen LogP) is 3.14. The average Bonchev–Trinajstić information content (AvgIpc) is 2.88. The quantitative estimate of drug-likeness (QED) is 0.831. The topological polar surface area (TPSA) is 71.2 Å². The smallest absolute Gasteiger partial charge is 0.328 e. The van der Waals surface area contributed by atoms with Crippen molar-refractivity contribution in [2.45, 2.75) is 26.3 Å². The fourth-order valence-corrected chi connectivity index (χ4v) is 2.47. The van der Waals surface area contributed by atoms with Gasteiger partial charge in [-0.3, -0.25) is 4.79 Å². The van der Waals surface area contributed by atoms with Crippen molar-refractivity contribution >= 4 is 34.4 Å². The molecular formula is C16H19ClN2O3. The van der Waals surface area contributed by atoms with Gasteiger partial charge in [-0.25, -0.2) is 4.79 Å². The number of aromatic nitrogens is 1. The lowest BCUT2D eigenvalue weighted by Gasteiger charge is -2.17. The number of hydrogen-bond acceptors (Lipinski definition) is 3. The van der Waals surface area contributed by atoms with Crippen LogP contribution in [0.25, 0.3) is 10.9 Å². The highest BCUT2D eigenvalue weighted by Gasteiger charge is 2.23. The van der Waals surface area contributed by atoms with Gasteiger partial charge in [0.15, 0.2) is 0 Å². The third kappa shape index (κ3) is 3.80. The first-order valence-corrected chi connectivity index (χ1v) is 7.45. The summed E-state index contributed by atoms with van der Waals surface area (Å²) < 4.78 is 4.74. The molecule has 2 aromatic rings. The van der Waals surface area contributed by atoms with E-state index in [-0.39, 0.29) is 11.8 Å². The Morgan fingerprint density at radius 2 is 2.05 bits per heavy atom. The molecule has 2 rings (SSSR count). The molecule has 0 aliphatic heterocycles. The minimum absolute atomic E-state index is 0.255. The summed E-state index contributed by atoms with van der Waals surface area (Å²) in [5, 5.41) is 4.16. The number of carbonyl (C=O) groups excluding carboxylic acids is 2. The number of amides is 1. The summed E-state index contributed by atoms with van der Waals surface area (Å²) in [6.45, 7) is 3.96. The molecule has 2 N–H and O–H groups in total. The molecule has 22 heavy (non-hydrogen) atoms. The molecule has 118 valence electrons. The van der Waals surface area contributed by atoms with Crippen LogP contribution in [0.4, 0.5) is 0 Å². The lowest BCUT2D eigenvalue weighted by molar-refractivity contribution is -0.143. The molecular weight excluding hydrogens is 304 g/mol. The van der Waals surface area contributed by atoms with E-state index in [4.69, 9.17) is 16.3 Å². The van der Waals surface area contributed by atoms with E-state index >= 15 is 0 Å². The molecule has 5 nitrogen and oxygen atoms in total. The first kappa shape index (κ1) is 16.4. The summed E-state index contributed by atoms with van der Waals surface area (Å²) in [4.78, 5) is 27.1. The zero-order valence-electron chi connectivity index (χ0n) is 12.8. The number of fused-ring (bicyclic) bond motifs is 1. The third-order valence-electron chi connectivity index (χ3n) is 3.33. The molecule has 6 heteroatoms. The van der Waals surface area contributed by atoms with Gasteiger partial charge >= 0.3 is 5.97 Å². The molecule has 0 fully saturated rings. The molecule has 0 aliphatic rings. The largest absolute Gasteiger partial charge is 0.467 e. The standard InChI is InChI=1S/C16H19ClN2O3/c1-9(2)6-14(16(21)22-3)19-15(20)13-8-10-7-11(17)4-5-12(10)18-13/h4-5,7-9,14,18H,6H2,1-3H3,(H,19,20)/t14-/m0/s1. The highest BCUT2D eigenvalue weighted by molar-refractivity contribution is 6.31. The zero-order valence-corrected chi connectivity index (χ0v) is 13.5. The average molecular weight is 323 g/mol. The molecule has 0 unspecified atom stereocenters. The molecule has 1 aromatic heterocycles. The Kier molecular flexibility index (Phi) is 5.08. The summed E-state index contributed by atoms with van der Waals surface area (Å²) in [7, 11) is 1.31. The molecule has 0 aliphatic carbocycles. The Labute approximate surface area is 134 Å². The van der Waals surface area contributed by atoms with Crippen molar-refractivity contribution in [2.24, 2.45) is 5.92 Å². The molecule has 0 saturated heterocycles. The van der Waals surface area contributed by atoms with E-state index in [2.05, 4.69) is 10.3 Å². The van der Waals surface area contributed by atoms with Crippen LogP contribution in [0.1, 0.15) is 30.8 Å². The maximum Gasteiger partial charge on any atom is 0.328 e. The first-order chi connectivity index (χ1) is 10.4. The molecule has 0 bridgehead atoms. The van der Waals surface area contributed by atoms with Gasteiger partial charge in [0.25, 0.3) is 5.91 Å². The zero-order chi connectivity index (χ0) is 16.3. The molecule has 0 spiro atoms. The number of hydrogen-bond donors (Lipinski definition) is 2. The fraction of sp³-hybridized carbons (Fsp3) is 0.375. The summed E-state index contributed by atoms with van der Waals surface area (Å²) >= 11 is 5.93. The predicted molar refractivity (Wildman–Crippen MR) is 86.0 cm³/mol. The van der Waals surface area contributed by atoms with Crippen molar-refractivity contribution < 1.29 is 14.3 Å². The van der Waals surface area contributed by atoms with Crippen LogP contribution in [0.5, 0.6) is 0 Å². The fourth-order valence-electron chi connectivity index (χ4n) is 2.29. The number of ether oxygens (including phenoxy) is 1. The minimum atomic E-state index is -0.660. The van der Waals surface area contributed by atoms with Crippen molar-refractivity contribution in [1.29, 1.82) is 0 Å². The Morgan fingerprint density at radius 1 is 1.32 bits per heavy atom. The first-order valence-electron chi connectivity index (χ1n) is 7.07. The number of aromatic amines is 1. The Bertz CT molecular complexity index is 694. The van der Waals surface area contributed by atoms with Crippen molar-refractivity contribution in [3.8, 4) is 0 Å². The van der Waals surface area contributed by atoms with E-state index in [1.807, 2.05) is 13.8 Å². The van der Waals surface area contributed by atoms with Crippen LogP contribution in [0.15, 0.2) is 24.3 Å². The van der Waals surface area contributed by atoms with E-state index in [1.165, 1.54) is 7.11 Å². The van der Waals surface area contributed by atoms with Gasteiger partial charge in [-0.15, -0.1) is 0 Å². The molecule has 1 aromatic carbocycles. The van der Waals surface area contributed by atoms with E-state index in [9.17, 15) is 9.59 Å². The number of esters is 1. The highest BCUT2D eigenvalue weighted by atomic mass is 35.5. The van der Waals surface area contributed by atoms with Gasteiger partial charge in [0.05, 0.1) is 7.11 Å². The molecule has 0 saturated carbocycles. The number of nitrogens with one attached hydrogen (secondary N) is 2. The van der Waals surface area contributed by atoms with Crippen LogP contribution in [0, 0.1) is 5.92 Å². The second-order valence-electron chi connectivity index (χ2n) is 5.59. The molecule has 0 radical (unpaired) electrons. The van der Waals surface area contributed by atoms with Gasteiger partial charge in [0.1, 0.15) is 11.7 Å². The van der Waals surface area contributed by atoms with Gasteiger partial charge in [-0.1, -0.05) is 25.4 Å². The SMILES string of the molecule is COC(=O)[C@H](CC(C)C)NC(=O)c1cc2cc(Cl)ccc2[nH]1. The van der Waals surface area contributed by atoms with Gasteiger partial charge < -0.3 is 15.0 Å². The Hall–Kier alpha value is -2.01. The van der Waals surface area contributed by atoms with Gasteiger partial charge in [-0.05, 0) is 36.6 Å². The van der Waals surface area contributed by atoms with Crippen LogP contribution in [-0.4, -0.2) is 30.0 Å². The van der Waals surface area contributed by atoms with E-state index in [1.54, 1.807) is 24.3 Å². The number of methoxy groups -OCH3 is 1. The van der Waals surface area contributed by atoms with Crippen molar-refractivity contribution in [3.63, 3.8) is 0 Å². The lowest BCUT2D eigenvalue weighted by Crippen LogP contribution is -2.42. The number of rotatable bonds is 5. The highest BCUT2D eigenvalue weighted by Crippen LogP contribution is 2.20. The summed E-state index contributed by atoms with van der Waals surface area (Å²) in [6.07, 6.45) is 0.518. The van der Waals surface area contributed by atoms with Crippen LogP contribution in [0.3, 0.4) is 0 Å². The number of H-pyrrole nitrogens is 1. The number of carbonyl (C=O) groups is 2. The van der Waals surface area contributed by atoms with Gasteiger partial charge in [0.2, 0.25) is 0 Å². The monoisotopic (exact) mass is 322 g/mol. The summed E-state index contributed by atoms with van der Waals surface area (Å²) in [5.41, 5.74) is 1.20. The van der Waals surface area contributed by atoms with Gasteiger partial charge in [0, 0.05) is 15.9 Å². The van der Waals surface area contributed by atoms with Crippen LogP contribution in [0.2, 0.25) is 5.02 Å². The third-order valence-corrected chi connectivity index (χ3v) is 3.56. The summed E-state index contributed by atoms with van der Waals surface area (Å²) in [5.74, 6) is -0.532. The van der Waals surface area contributed by atoms with Crippen LogP contribution >= 0.6 is 11.6 Å². The van der Waals surface area contributed by atoms with Crippen molar-refractivity contribution in [1.82, 2.24) is 10.3 Å². The van der Waals surface area contributed by atoms with Crippen LogP contribution < -0.4 is 5.32 Å². The molecule has 1 amide bonds. The second kappa shape index (κ2) is 6.83. The minimum Gasteiger partial charge on any atom is -0.467 e. The Balaban J connectivity index is 2.19. The van der Waals surface area contributed by atoms with E-state index in [0.717, 1.165) is 10.9 Å². The maximum atomic E-state index is 12.3. The maximum absolute atomic E-state index is 12.3. The Morgan fingerprint density at radius 3 is 2.68 bits per heavy atom. The number of halogens is 1. The normalized spacial score (nSPS) is 12.4. The van der Waals surface area contributed by atoms with E-state index in [0.29, 0.717) is 17.1 Å². The van der Waals surface area contributed by atoms with Crippen LogP contribution in [-0.2, 0) is 9.53 Å². The van der Waals surface area contributed by atoms with Crippen molar-refractivity contribution in [3.05, 3.63) is 35.0 Å². The second-order valence-corrected chi connectivity index (χ2v) is 6.03. The van der Waals surface area contributed by atoms with E-state index < -0.39 is 12.0 Å². The lowest BCUT2D eigenvalue weighted by atomic mass is 10.0. The summed E-state index contributed by atoms with van der Waals surface area (Å²) in [6, 6.07) is 6.38. The molecule has 1 heterocycles. The van der Waals surface area contributed by atoms with Crippen molar-refractivity contribution in [2.75, 3.05) is 7.11 Å². The molecule has 1 atom stereocenters.